The Bertz CT molecular complexity index is 844. The van der Waals surface area contributed by atoms with Crippen LogP contribution in [0.4, 0.5) is 32.4 Å². The molecule has 0 atom stereocenters. The molecule has 28 heavy (non-hydrogen) atoms. The Hall–Kier alpha value is -3.17. The molecule has 0 aliphatic rings. The van der Waals surface area contributed by atoms with Gasteiger partial charge in [0, 0.05) is 5.69 Å². The molecular formula is C18H15F5N2O3. The van der Waals surface area contributed by atoms with E-state index in [4.69, 9.17) is 4.74 Å². The van der Waals surface area contributed by atoms with E-state index in [1.807, 2.05) is 0 Å². The van der Waals surface area contributed by atoms with Crippen LogP contribution in [-0.4, -0.2) is 24.4 Å². The molecule has 0 aromatic heterocycles. The minimum absolute atomic E-state index is 0.0844. The number of aliphatic imine (C=N–C) groups is 1. The van der Waals surface area contributed by atoms with Crippen LogP contribution in [0.15, 0.2) is 47.5 Å². The molecule has 2 aromatic rings. The summed E-state index contributed by atoms with van der Waals surface area (Å²) >= 11 is 0. The first-order valence-electron chi connectivity index (χ1n) is 7.91. The molecule has 0 saturated carbocycles. The highest BCUT2D eigenvalue weighted by Gasteiger charge is 2.31. The molecule has 150 valence electrons. The van der Waals surface area contributed by atoms with Gasteiger partial charge in [0.05, 0.1) is 6.10 Å². The van der Waals surface area contributed by atoms with Gasteiger partial charge in [0.15, 0.2) is 0 Å². The van der Waals surface area contributed by atoms with E-state index in [0.717, 1.165) is 42.5 Å². The standard InChI is InChI=1S/C18H15F5N2O3/c1-10(2)27-16(15-13(19)4-3-5-14(15)20)25-17(26)24-11-6-8-12(9-7-11)28-18(21,22)23/h3-10H,1-2H3,(H,24,26). The van der Waals surface area contributed by atoms with Gasteiger partial charge in [0.2, 0.25) is 5.90 Å². The molecular weight excluding hydrogens is 387 g/mol. The van der Waals surface area contributed by atoms with E-state index in [-0.39, 0.29) is 5.69 Å². The largest absolute Gasteiger partial charge is 0.573 e. The summed E-state index contributed by atoms with van der Waals surface area (Å²) in [5, 5.41) is 2.26. The maximum Gasteiger partial charge on any atom is 0.573 e. The fourth-order valence-electron chi connectivity index (χ4n) is 2.05. The van der Waals surface area contributed by atoms with Gasteiger partial charge in [-0.3, -0.25) is 0 Å². The number of nitrogens with zero attached hydrogens (tertiary/aromatic N) is 1. The zero-order valence-electron chi connectivity index (χ0n) is 14.7. The Morgan fingerprint density at radius 2 is 1.61 bits per heavy atom. The van der Waals surface area contributed by atoms with E-state index in [2.05, 4.69) is 15.0 Å². The van der Waals surface area contributed by atoms with Crippen molar-refractivity contribution in [1.82, 2.24) is 0 Å². The summed E-state index contributed by atoms with van der Waals surface area (Å²) in [6.07, 6.45) is -5.38. The predicted molar refractivity (Wildman–Crippen MR) is 91.3 cm³/mol. The second-order valence-corrected chi connectivity index (χ2v) is 5.68. The first-order chi connectivity index (χ1) is 13.0. The SMILES string of the molecule is CC(C)OC(=NC(=O)Nc1ccc(OC(F)(F)F)cc1)c1c(F)cccc1F. The van der Waals surface area contributed by atoms with E-state index in [1.165, 1.54) is 0 Å². The number of anilines is 1. The molecule has 5 nitrogen and oxygen atoms in total. The second kappa shape index (κ2) is 8.68. The van der Waals surface area contributed by atoms with Crippen molar-refractivity contribution in [3.05, 3.63) is 59.7 Å². The Balaban J connectivity index is 2.21. The monoisotopic (exact) mass is 402 g/mol. The smallest absolute Gasteiger partial charge is 0.474 e. The number of ether oxygens (including phenoxy) is 2. The average Bonchev–Trinajstić information content (AvgIpc) is 2.54. The number of hydrogen-bond donors (Lipinski definition) is 1. The molecule has 1 N–H and O–H groups in total. The van der Waals surface area contributed by atoms with E-state index in [0.29, 0.717) is 0 Å². The van der Waals surface area contributed by atoms with Crippen LogP contribution in [0, 0.1) is 11.6 Å². The van der Waals surface area contributed by atoms with Gasteiger partial charge >= 0.3 is 12.4 Å². The molecule has 10 heteroatoms. The molecule has 0 aliphatic heterocycles. The summed E-state index contributed by atoms with van der Waals surface area (Å²) < 4.78 is 73.3. The lowest BCUT2D eigenvalue weighted by molar-refractivity contribution is -0.274. The van der Waals surface area contributed by atoms with Crippen molar-refractivity contribution in [2.24, 2.45) is 4.99 Å². The first-order valence-corrected chi connectivity index (χ1v) is 7.91. The number of amides is 2. The number of benzene rings is 2. The van der Waals surface area contributed by atoms with Crippen LogP contribution in [0.3, 0.4) is 0 Å². The number of carbonyl (C=O) groups excluding carboxylic acids is 1. The molecule has 0 heterocycles. The third-order valence-electron chi connectivity index (χ3n) is 3.07. The zero-order chi connectivity index (χ0) is 20.9. The van der Waals surface area contributed by atoms with Crippen molar-refractivity contribution >= 4 is 17.6 Å². The third-order valence-corrected chi connectivity index (χ3v) is 3.07. The maximum atomic E-state index is 14.0. The minimum Gasteiger partial charge on any atom is -0.474 e. The van der Waals surface area contributed by atoms with Crippen molar-refractivity contribution < 1.29 is 36.2 Å². The van der Waals surface area contributed by atoms with Gasteiger partial charge < -0.3 is 14.8 Å². The number of carbonyl (C=O) groups is 1. The van der Waals surface area contributed by atoms with Gasteiger partial charge in [-0.2, -0.15) is 4.99 Å². The summed E-state index contributed by atoms with van der Waals surface area (Å²) in [5.74, 6) is -2.99. The van der Waals surface area contributed by atoms with Crippen LogP contribution in [0.2, 0.25) is 0 Å². The summed E-state index contributed by atoms with van der Waals surface area (Å²) in [5.41, 5.74) is -0.526. The fourth-order valence-corrected chi connectivity index (χ4v) is 2.05. The Labute approximate surface area is 156 Å². The van der Waals surface area contributed by atoms with E-state index in [9.17, 15) is 26.7 Å². The maximum absolute atomic E-state index is 14.0. The van der Waals surface area contributed by atoms with Gasteiger partial charge in [0.25, 0.3) is 0 Å². The van der Waals surface area contributed by atoms with E-state index >= 15 is 0 Å². The molecule has 0 aliphatic carbocycles. The summed E-state index contributed by atoms with van der Waals surface area (Å²) in [7, 11) is 0. The first kappa shape index (κ1) is 21.1. The average molecular weight is 402 g/mol. The Morgan fingerprint density at radius 3 is 2.11 bits per heavy atom. The van der Waals surface area contributed by atoms with Gasteiger partial charge in [-0.25, -0.2) is 13.6 Å². The number of urea groups is 1. The van der Waals surface area contributed by atoms with E-state index in [1.54, 1.807) is 13.8 Å². The lowest BCUT2D eigenvalue weighted by atomic mass is 10.2. The predicted octanol–water partition coefficient (Wildman–Crippen LogP) is 5.27. The molecule has 2 amide bonds. The number of halogens is 5. The van der Waals surface area contributed by atoms with Crippen molar-refractivity contribution in [2.75, 3.05) is 5.32 Å². The summed E-state index contributed by atoms with van der Waals surface area (Å²) in [6, 6.07) is 6.31. The number of hydrogen-bond acceptors (Lipinski definition) is 3. The summed E-state index contributed by atoms with van der Waals surface area (Å²) in [4.78, 5) is 15.6. The van der Waals surface area contributed by atoms with Crippen LogP contribution in [0.5, 0.6) is 5.75 Å². The number of rotatable bonds is 4. The highest BCUT2D eigenvalue weighted by molar-refractivity contribution is 6.05. The van der Waals surface area contributed by atoms with Crippen LogP contribution in [0.25, 0.3) is 0 Å². The van der Waals surface area contributed by atoms with Crippen LogP contribution in [-0.2, 0) is 4.74 Å². The molecule has 0 fully saturated rings. The van der Waals surface area contributed by atoms with Gasteiger partial charge in [0.1, 0.15) is 22.9 Å². The minimum atomic E-state index is -4.85. The Kier molecular flexibility index (Phi) is 6.55. The van der Waals surface area contributed by atoms with Crippen molar-refractivity contribution in [1.29, 1.82) is 0 Å². The highest BCUT2D eigenvalue weighted by atomic mass is 19.4. The summed E-state index contributed by atoms with van der Waals surface area (Å²) in [6.45, 7) is 3.15. The van der Waals surface area contributed by atoms with Gasteiger partial charge in [-0.15, -0.1) is 13.2 Å². The van der Waals surface area contributed by atoms with Crippen LogP contribution < -0.4 is 10.1 Å². The van der Waals surface area contributed by atoms with Crippen molar-refractivity contribution in [3.8, 4) is 5.75 Å². The van der Waals surface area contributed by atoms with Crippen LogP contribution >= 0.6 is 0 Å². The topological polar surface area (TPSA) is 59.9 Å². The molecule has 0 unspecified atom stereocenters. The molecule has 0 saturated heterocycles. The van der Waals surface area contributed by atoms with E-state index < -0.39 is 47.3 Å². The molecule has 0 bridgehead atoms. The lowest BCUT2D eigenvalue weighted by Gasteiger charge is -2.14. The third kappa shape index (κ3) is 6.22. The second-order valence-electron chi connectivity index (χ2n) is 5.68. The Morgan fingerprint density at radius 1 is 1.04 bits per heavy atom. The molecule has 2 rings (SSSR count). The highest BCUT2D eigenvalue weighted by Crippen LogP contribution is 2.24. The van der Waals surface area contributed by atoms with Crippen molar-refractivity contribution in [2.45, 2.75) is 26.3 Å². The normalized spacial score (nSPS) is 12.1. The zero-order valence-corrected chi connectivity index (χ0v) is 14.7. The number of nitrogens with one attached hydrogen (secondary N) is 1. The quantitative estimate of drug-likeness (QED) is 0.431. The lowest BCUT2D eigenvalue weighted by Crippen LogP contribution is -2.20. The van der Waals surface area contributed by atoms with Crippen molar-refractivity contribution in [3.63, 3.8) is 0 Å². The molecule has 0 radical (unpaired) electrons. The van der Waals surface area contributed by atoms with Gasteiger partial charge in [-0.05, 0) is 50.2 Å². The van der Waals surface area contributed by atoms with Crippen LogP contribution in [0.1, 0.15) is 19.4 Å². The molecule has 0 spiro atoms. The van der Waals surface area contributed by atoms with Gasteiger partial charge in [-0.1, -0.05) is 6.07 Å². The number of alkyl halides is 3. The molecule has 2 aromatic carbocycles. The fraction of sp³-hybridized carbons (Fsp3) is 0.222.